The maximum Gasteiger partial charge on any atom is 0.123 e. The first-order valence-electron chi connectivity index (χ1n) is 5.79. The summed E-state index contributed by atoms with van der Waals surface area (Å²) in [6, 6.07) is 4.82. The lowest BCUT2D eigenvalue weighted by Crippen LogP contribution is -2.38. The number of anilines is 1. The van der Waals surface area contributed by atoms with E-state index >= 15 is 0 Å². The van der Waals surface area contributed by atoms with Gasteiger partial charge in [0.25, 0.3) is 0 Å². The fourth-order valence-corrected chi connectivity index (χ4v) is 3.15. The Labute approximate surface area is 103 Å². The summed E-state index contributed by atoms with van der Waals surface area (Å²) in [5, 5.41) is 0. The van der Waals surface area contributed by atoms with Gasteiger partial charge in [0, 0.05) is 41.1 Å². The van der Waals surface area contributed by atoms with E-state index in [1.807, 2.05) is 0 Å². The van der Waals surface area contributed by atoms with Crippen molar-refractivity contribution in [3.63, 3.8) is 0 Å². The van der Waals surface area contributed by atoms with Gasteiger partial charge in [-0.1, -0.05) is 0 Å². The van der Waals surface area contributed by atoms with E-state index in [4.69, 9.17) is 5.73 Å². The maximum absolute atomic E-state index is 13.2. The number of hydrogen-bond acceptors (Lipinski definition) is 3. The Morgan fingerprint density at radius 2 is 2.06 bits per heavy atom. The van der Waals surface area contributed by atoms with Gasteiger partial charge in [-0.15, -0.1) is 0 Å². The van der Waals surface area contributed by atoms with Crippen LogP contribution in [-0.4, -0.2) is 35.3 Å². The van der Waals surface area contributed by atoms with Crippen molar-refractivity contribution in [3.8, 4) is 0 Å². The second kappa shape index (κ2) is 5.60. The lowest BCUT2D eigenvalue weighted by atomic mass is 10.1. The van der Waals surface area contributed by atoms with E-state index < -0.39 is 10.8 Å². The number of nitrogens with zero attached hydrogens (tertiary/aromatic N) is 1. The van der Waals surface area contributed by atoms with Gasteiger partial charge >= 0.3 is 0 Å². The van der Waals surface area contributed by atoms with Crippen molar-refractivity contribution in [2.45, 2.75) is 6.42 Å². The highest BCUT2D eigenvalue weighted by atomic mass is 32.2. The monoisotopic (exact) mass is 256 g/mol. The van der Waals surface area contributed by atoms with Crippen LogP contribution in [0.5, 0.6) is 0 Å². The number of hydrogen-bond donors (Lipinski definition) is 1. The smallest absolute Gasteiger partial charge is 0.123 e. The van der Waals surface area contributed by atoms with Crippen LogP contribution in [0.25, 0.3) is 0 Å². The van der Waals surface area contributed by atoms with Gasteiger partial charge in [0.15, 0.2) is 0 Å². The molecule has 1 aliphatic heterocycles. The van der Waals surface area contributed by atoms with Gasteiger partial charge in [-0.3, -0.25) is 4.21 Å². The summed E-state index contributed by atoms with van der Waals surface area (Å²) < 4.78 is 24.5. The van der Waals surface area contributed by atoms with Crippen molar-refractivity contribution in [2.24, 2.45) is 5.73 Å². The van der Waals surface area contributed by atoms with Gasteiger partial charge in [0.1, 0.15) is 5.82 Å². The summed E-state index contributed by atoms with van der Waals surface area (Å²) in [5.41, 5.74) is 7.52. The first kappa shape index (κ1) is 12.5. The van der Waals surface area contributed by atoms with Gasteiger partial charge in [-0.25, -0.2) is 4.39 Å². The third-order valence-corrected chi connectivity index (χ3v) is 4.25. The quantitative estimate of drug-likeness (QED) is 0.874. The third-order valence-electron chi connectivity index (χ3n) is 2.97. The normalized spacial score (nSPS) is 17.4. The first-order chi connectivity index (χ1) is 8.20. The van der Waals surface area contributed by atoms with Crippen LogP contribution in [0.15, 0.2) is 18.2 Å². The number of benzene rings is 1. The number of halogens is 1. The standard InChI is InChI=1S/C12H17FN2OS/c13-11-1-2-12(10(9-11)3-4-14)15-5-7-17(16)8-6-15/h1-2,9H,3-8,14H2. The van der Waals surface area contributed by atoms with Crippen LogP contribution in [0.3, 0.4) is 0 Å². The Kier molecular flexibility index (Phi) is 4.12. The minimum absolute atomic E-state index is 0.224. The average molecular weight is 256 g/mol. The topological polar surface area (TPSA) is 46.3 Å². The summed E-state index contributed by atoms with van der Waals surface area (Å²) >= 11 is 0. The molecule has 2 rings (SSSR count). The summed E-state index contributed by atoms with van der Waals surface area (Å²) in [6.45, 7) is 2.06. The summed E-state index contributed by atoms with van der Waals surface area (Å²) in [7, 11) is -0.690. The van der Waals surface area contributed by atoms with Crippen molar-refractivity contribution in [2.75, 3.05) is 36.0 Å². The molecule has 0 bridgehead atoms. The van der Waals surface area contributed by atoms with Crippen molar-refractivity contribution in [1.29, 1.82) is 0 Å². The van der Waals surface area contributed by atoms with Crippen LogP contribution in [-0.2, 0) is 17.2 Å². The largest absolute Gasteiger partial charge is 0.369 e. The molecule has 1 heterocycles. The van der Waals surface area contributed by atoms with Crippen LogP contribution >= 0.6 is 0 Å². The zero-order chi connectivity index (χ0) is 12.3. The molecule has 5 heteroatoms. The Balaban J connectivity index is 2.21. The molecule has 1 fully saturated rings. The van der Waals surface area contributed by atoms with Crippen LogP contribution in [0.4, 0.5) is 10.1 Å². The molecule has 0 saturated carbocycles. The third kappa shape index (κ3) is 3.04. The van der Waals surface area contributed by atoms with E-state index in [1.165, 1.54) is 6.07 Å². The molecule has 0 amide bonds. The fraction of sp³-hybridized carbons (Fsp3) is 0.500. The van der Waals surface area contributed by atoms with Crippen molar-refractivity contribution < 1.29 is 8.60 Å². The molecule has 0 aromatic heterocycles. The van der Waals surface area contributed by atoms with Gasteiger partial charge in [-0.05, 0) is 36.7 Å². The average Bonchev–Trinajstić information content (AvgIpc) is 2.31. The van der Waals surface area contributed by atoms with Gasteiger partial charge in [-0.2, -0.15) is 0 Å². The van der Waals surface area contributed by atoms with Crippen LogP contribution in [0, 0.1) is 5.82 Å². The molecule has 94 valence electrons. The Hall–Kier alpha value is -0.940. The molecule has 0 unspecified atom stereocenters. The molecule has 2 N–H and O–H groups in total. The Morgan fingerprint density at radius 3 is 2.71 bits per heavy atom. The van der Waals surface area contributed by atoms with E-state index in [0.717, 1.165) is 24.3 Å². The molecule has 0 aliphatic carbocycles. The zero-order valence-electron chi connectivity index (χ0n) is 9.69. The Morgan fingerprint density at radius 1 is 1.35 bits per heavy atom. The number of rotatable bonds is 3. The Bertz CT molecular complexity index is 415. The van der Waals surface area contributed by atoms with E-state index in [0.29, 0.717) is 24.5 Å². The molecule has 1 aromatic carbocycles. The molecule has 0 atom stereocenters. The summed E-state index contributed by atoms with van der Waals surface area (Å²) in [5.74, 6) is 1.16. The van der Waals surface area contributed by atoms with Crippen LogP contribution in [0.2, 0.25) is 0 Å². The lowest BCUT2D eigenvalue weighted by molar-refractivity contribution is 0.624. The lowest BCUT2D eigenvalue weighted by Gasteiger charge is -2.30. The van der Waals surface area contributed by atoms with Crippen molar-refractivity contribution in [1.82, 2.24) is 0 Å². The predicted octanol–water partition coefficient (Wildman–Crippen LogP) is 0.896. The second-order valence-electron chi connectivity index (χ2n) is 4.15. The van der Waals surface area contributed by atoms with Crippen molar-refractivity contribution >= 4 is 16.5 Å². The van der Waals surface area contributed by atoms with Gasteiger partial charge < -0.3 is 10.6 Å². The highest BCUT2D eigenvalue weighted by molar-refractivity contribution is 7.85. The van der Waals surface area contributed by atoms with Crippen molar-refractivity contribution in [3.05, 3.63) is 29.6 Å². The van der Waals surface area contributed by atoms with Gasteiger partial charge in [0.2, 0.25) is 0 Å². The molecular weight excluding hydrogens is 239 g/mol. The summed E-state index contributed by atoms with van der Waals surface area (Å²) in [4.78, 5) is 2.17. The minimum atomic E-state index is -0.690. The molecule has 17 heavy (non-hydrogen) atoms. The van der Waals surface area contributed by atoms with E-state index in [1.54, 1.807) is 12.1 Å². The highest BCUT2D eigenvalue weighted by Gasteiger charge is 2.17. The van der Waals surface area contributed by atoms with Crippen LogP contribution in [0.1, 0.15) is 5.56 Å². The van der Waals surface area contributed by atoms with E-state index in [-0.39, 0.29) is 5.82 Å². The molecule has 1 saturated heterocycles. The maximum atomic E-state index is 13.2. The molecule has 1 aromatic rings. The molecule has 3 nitrogen and oxygen atoms in total. The summed E-state index contributed by atoms with van der Waals surface area (Å²) in [6.07, 6.45) is 0.673. The van der Waals surface area contributed by atoms with E-state index in [9.17, 15) is 8.60 Å². The molecule has 1 aliphatic rings. The first-order valence-corrected chi connectivity index (χ1v) is 7.28. The molecule has 0 spiro atoms. The van der Waals surface area contributed by atoms with Gasteiger partial charge in [0.05, 0.1) is 0 Å². The van der Waals surface area contributed by atoms with E-state index in [2.05, 4.69) is 4.90 Å². The SMILES string of the molecule is NCCc1cc(F)ccc1N1CCS(=O)CC1. The fourth-order valence-electron chi connectivity index (χ4n) is 2.10. The minimum Gasteiger partial charge on any atom is -0.369 e. The second-order valence-corrected chi connectivity index (χ2v) is 5.84. The number of nitrogens with two attached hydrogens (primary N) is 1. The molecular formula is C12H17FN2OS. The van der Waals surface area contributed by atoms with Crippen LogP contribution < -0.4 is 10.6 Å². The highest BCUT2D eigenvalue weighted by Crippen LogP contribution is 2.23. The molecule has 0 radical (unpaired) electrons. The predicted molar refractivity (Wildman–Crippen MR) is 69.2 cm³/mol. The zero-order valence-corrected chi connectivity index (χ0v) is 10.5.